The molecule has 5 nitrogen and oxygen atoms in total. The molecule has 0 unspecified atom stereocenters. The number of hydrogen-bond donors (Lipinski definition) is 2. The minimum atomic E-state index is -0.354. The molecule has 0 bridgehead atoms. The Morgan fingerprint density at radius 1 is 1.42 bits per heavy atom. The highest BCUT2D eigenvalue weighted by molar-refractivity contribution is 6.09. The van der Waals surface area contributed by atoms with E-state index in [2.05, 4.69) is 15.5 Å². The Balaban J connectivity index is 2.57. The molecule has 0 radical (unpaired) electrons. The highest BCUT2D eigenvalue weighted by Gasteiger charge is 2.26. The van der Waals surface area contributed by atoms with Gasteiger partial charge in [0, 0.05) is 5.69 Å². The van der Waals surface area contributed by atoms with Gasteiger partial charge in [0.05, 0.1) is 17.7 Å². The number of fused-ring (bicyclic) bond motifs is 1. The Bertz CT molecular complexity index is 367. The van der Waals surface area contributed by atoms with Gasteiger partial charge in [-0.1, -0.05) is 0 Å². The van der Waals surface area contributed by atoms with Gasteiger partial charge in [-0.15, -0.1) is 0 Å². The number of nitrogens with one attached hydrogen (secondary N) is 2. The molecule has 62 valence electrons. The fraction of sp³-hybridized carbons (Fsp3) is 0.286. The maximum absolute atomic E-state index is 11.2. The van der Waals surface area contributed by atoms with Crippen molar-refractivity contribution in [1.29, 1.82) is 0 Å². The summed E-state index contributed by atoms with van der Waals surface area (Å²) < 4.78 is 0. The van der Waals surface area contributed by atoms with Crippen LogP contribution in [0, 0.1) is 6.92 Å². The number of carbonyl (C=O) groups is 2. The first-order valence-corrected chi connectivity index (χ1v) is 3.56. The van der Waals surface area contributed by atoms with E-state index >= 15 is 0 Å². The van der Waals surface area contributed by atoms with Gasteiger partial charge < -0.3 is 0 Å². The van der Waals surface area contributed by atoms with Crippen LogP contribution in [0.5, 0.6) is 0 Å². The normalized spacial score (nSPS) is 15.8. The maximum Gasteiger partial charge on any atom is 0.261 e. The van der Waals surface area contributed by atoms with Crippen LogP contribution in [0.1, 0.15) is 21.7 Å². The first-order valence-electron chi connectivity index (χ1n) is 3.56. The van der Waals surface area contributed by atoms with Gasteiger partial charge in [0.1, 0.15) is 0 Å². The minimum absolute atomic E-state index is 0.186. The first kappa shape index (κ1) is 7.02. The van der Waals surface area contributed by atoms with E-state index in [0.29, 0.717) is 17.0 Å². The average Bonchev–Trinajstić information content (AvgIpc) is 2.31. The highest BCUT2D eigenvalue weighted by atomic mass is 16.2. The topological polar surface area (TPSA) is 74.8 Å². The van der Waals surface area contributed by atoms with Gasteiger partial charge in [0.25, 0.3) is 5.91 Å². The number of H-pyrrole nitrogens is 1. The Hall–Kier alpha value is -1.65. The van der Waals surface area contributed by atoms with Crippen LogP contribution in [0.3, 0.4) is 0 Å². The lowest BCUT2D eigenvalue weighted by molar-refractivity contribution is -0.119. The van der Waals surface area contributed by atoms with Gasteiger partial charge >= 0.3 is 0 Å². The molecule has 0 atom stereocenters. The number of aryl methyl sites for hydroxylation is 1. The monoisotopic (exact) mass is 165 g/mol. The van der Waals surface area contributed by atoms with Gasteiger partial charge in [-0.3, -0.25) is 20.0 Å². The van der Waals surface area contributed by atoms with E-state index in [9.17, 15) is 9.59 Å². The molecule has 5 heteroatoms. The summed E-state index contributed by atoms with van der Waals surface area (Å²) in [6.07, 6.45) is 0.186. The minimum Gasteiger partial charge on any atom is -0.292 e. The van der Waals surface area contributed by atoms with E-state index in [0.717, 1.165) is 0 Å². The van der Waals surface area contributed by atoms with Crippen molar-refractivity contribution in [1.82, 2.24) is 15.5 Å². The number of imide groups is 1. The van der Waals surface area contributed by atoms with E-state index in [1.54, 1.807) is 6.92 Å². The summed E-state index contributed by atoms with van der Waals surface area (Å²) in [6.45, 7) is 1.75. The van der Waals surface area contributed by atoms with Crippen LogP contribution in [-0.4, -0.2) is 22.0 Å². The van der Waals surface area contributed by atoms with Crippen LogP contribution in [0.4, 0.5) is 0 Å². The zero-order valence-electron chi connectivity index (χ0n) is 6.47. The van der Waals surface area contributed by atoms with Gasteiger partial charge in [-0.2, -0.15) is 5.10 Å². The van der Waals surface area contributed by atoms with Crippen molar-refractivity contribution < 1.29 is 9.59 Å². The van der Waals surface area contributed by atoms with E-state index in [-0.39, 0.29) is 18.2 Å². The summed E-state index contributed by atoms with van der Waals surface area (Å²) in [5, 5.41) is 8.74. The fourth-order valence-electron chi connectivity index (χ4n) is 1.29. The van der Waals surface area contributed by atoms with Crippen molar-refractivity contribution >= 4 is 11.8 Å². The van der Waals surface area contributed by atoms with Crippen molar-refractivity contribution in [3.8, 4) is 0 Å². The standard InChI is InChI=1S/C7H7N3O2/c1-3-6-4(10-9-3)2-5(11)8-7(6)12/h2H2,1H3,(H,9,10)(H,8,11,12). The molecule has 2 amide bonds. The zero-order valence-corrected chi connectivity index (χ0v) is 6.47. The number of aromatic nitrogens is 2. The number of hydrogen-bond acceptors (Lipinski definition) is 3. The molecule has 2 rings (SSSR count). The van der Waals surface area contributed by atoms with Gasteiger partial charge in [0.15, 0.2) is 0 Å². The van der Waals surface area contributed by atoms with Crippen LogP contribution < -0.4 is 5.32 Å². The van der Waals surface area contributed by atoms with E-state index in [4.69, 9.17) is 0 Å². The van der Waals surface area contributed by atoms with Gasteiger partial charge in [0.2, 0.25) is 5.91 Å². The maximum atomic E-state index is 11.2. The summed E-state index contributed by atoms with van der Waals surface area (Å²) in [6, 6.07) is 0. The molecule has 2 N–H and O–H groups in total. The van der Waals surface area contributed by atoms with E-state index < -0.39 is 0 Å². The zero-order chi connectivity index (χ0) is 8.72. The first-order chi connectivity index (χ1) is 5.68. The Kier molecular flexibility index (Phi) is 1.27. The van der Waals surface area contributed by atoms with Gasteiger partial charge in [-0.05, 0) is 6.92 Å². The van der Waals surface area contributed by atoms with Crippen LogP contribution in [0.2, 0.25) is 0 Å². The largest absolute Gasteiger partial charge is 0.292 e. The quantitative estimate of drug-likeness (QED) is 0.510. The second kappa shape index (κ2) is 2.17. The molecule has 0 spiro atoms. The fourth-order valence-corrected chi connectivity index (χ4v) is 1.29. The van der Waals surface area contributed by atoms with Gasteiger partial charge in [-0.25, -0.2) is 0 Å². The lowest BCUT2D eigenvalue weighted by atomic mass is 10.1. The summed E-state index contributed by atoms with van der Waals surface area (Å²) >= 11 is 0. The molecule has 0 aromatic carbocycles. The third kappa shape index (κ3) is 0.827. The summed E-state index contributed by atoms with van der Waals surface area (Å²) in [5.41, 5.74) is 1.76. The Morgan fingerprint density at radius 3 is 2.92 bits per heavy atom. The summed E-state index contributed by atoms with van der Waals surface area (Å²) in [7, 11) is 0. The highest BCUT2D eigenvalue weighted by Crippen LogP contribution is 2.14. The SMILES string of the molecule is Cc1[nH]nc2c1C(=O)NC(=O)C2. The number of amides is 2. The van der Waals surface area contributed by atoms with Crippen molar-refractivity contribution in [2.24, 2.45) is 0 Å². The second-order valence-corrected chi connectivity index (χ2v) is 2.72. The summed E-state index contributed by atoms with van der Waals surface area (Å²) in [4.78, 5) is 22.0. The predicted octanol–water partition coefficient (Wildman–Crippen LogP) is -0.469. The molecule has 12 heavy (non-hydrogen) atoms. The number of aromatic amines is 1. The van der Waals surface area contributed by atoms with Crippen molar-refractivity contribution in [2.45, 2.75) is 13.3 Å². The molecule has 0 fully saturated rings. The van der Waals surface area contributed by atoms with Crippen molar-refractivity contribution in [3.05, 3.63) is 17.0 Å². The number of rotatable bonds is 0. The predicted molar refractivity (Wildman–Crippen MR) is 39.5 cm³/mol. The molecular formula is C7H7N3O2. The lowest BCUT2D eigenvalue weighted by Crippen LogP contribution is -2.37. The molecule has 0 saturated heterocycles. The smallest absolute Gasteiger partial charge is 0.261 e. The molecule has 1 aliphatic heterocycles. The molecule has 1 aromatic rings. The Labute approximate surface area is 68.2 Å². The van der Waals surface area contributed by atoms with E-state index in [1.165, 1.54) is 0 Å². The molecule has 1 aromatic heterocycles. The van der Waals surface area contributed by atoms with Crippen molar-refractivity contribution in [2.75, 3.05) is 0 Å². The average molecular weight is 165 g/mol. The third-order valence-electron chi connectivity index (χ3n) is 1.83. The van der Waals surface area contributed by atoms with Crippen LogP contribution in [-0.2, 0) is 11.2 Å². The number of carbonyl (C=O) groups excluding carboxylic acids is 2. The molecule has 0 aliphatic carbocycles. The molecule has 2 heterocycles. The lowest BCUT2D eigenvalue weighted by Gasteiger charge is -2.09. The Morgan fingerprint density at radius 2 is 2.17 bits per heavy atom. The van der Waals surface area contributed by atoms with Crippen LogP contribution in [0.15, 0.2) is 0 Å². The third-order valence-corrected chi connectivity index (χ3v) is 1.83. The molecular weight excluding hydrogens is 158 g/mol. The van der Waals surface area contributed by atoms with Crippen LogP contribution in [0.25, 0.3) is 0 Å². The molecule has 0 saturated carbocycles. The summed E-state index contributed by atoms with van der Waals surface area (Å²) in [5.74, 6) is -0.647. The molecule has 1 aliphatic rings. The number of nitrogens with zero attached hydrogens (tertiary/aromatic N) is 1. The van der Waals surface area contributed by atoms with Crippen molar-refractivity contribution in [3.63, 3.8) is 0 Å². The second-order valence-electron chi connectivity index (χ2n) is 2.72. The van der Waals surface area contributed by atoms with Crippen LogP contribution >= 0.6 is 0 Å². The van der Waals surface area contributed by atoms with E-state index in [1.807, 2.05) is 0 Å².